The highest BCUT2D eigenvalue weighted by atomic mass is 16.5. The molecule has 2 rings (SSSR count). The van der Waals surface area contributed by atoms with E-state index in [0.29, 0.717) is 11.5 Å². The van der Waals surface area contributed by atoms with Crippen LogP contribution in [0.2, 0.25) is 0 Å². The van der Waals surface area contributed by atoms with Gasteiger partial charge in [0.05, 0.1) is 13.2 Å². The van der Waals surface area contributed by atoms with Crippen LogP contribution in [0, 0.1) is 11.3 Å². The molecule has 1 N–H and O–H groups in total. The minimum atomic E-state index is -1.22. The summed E-state index contributed by atoms with van der Waals surface area (Å²) in [5.41, 5.74) is -0.0184. The first-order valence-electron chi connectivity index (χ1n) is 5.95. The Morgan fingerprint density at radius 2 is 2.14 bits per heavy atom. The van der Waals surface area contributed by atoms with Crippen LogP contribution in [0.1, 0.15) is 16.2 Å². The van der Waals surface area contributed by atoms with Crippen molar-refractivity contribution in [2.24, 2.45) is 0 Å². The molecule has 21 heavy (non-hydrogen) atoms. The molecule has 0 fully saturated rings. The molecule has 1 aromatic carbocycles. The molecule has 0 atom stereocenters. The summed E-state index contributed by atoms with van der Waals surface area (Å²) in [6.07, 6.45) is 0. The molecule has 8 heteroatoms. The van der Waals surface area contributed by atoms with E-state index in [1.807, 2.05) is 6.07 Å². The molecule has 0 saturated heterocycles. The van der Waals surface area contributed by atoms with Crippen molar-refractivity contribution in [1.29, 1.82) is 5.26 Å². The van der Waals surface area contributed by atoms with E-state index < -0.39 is 5.97 Å². The van der Waals surface area contributed by atoms with Gasteiger partial charge in [0.1, 0.15) is 18.8 Å². The number of hydrogen-bond donors (Lipinski definition) is 1. The maximum atomic E-state index is 11.1. The molecular formula is C13H12N4O4. The Labute approximate surface area is 120 Å². The smallest absolute Gasteiger partial charge is 0.358 e. The van der Waals surface area contributed by atoms with E-state index in [4.69, 9.17) is 19.8 Å². The van der Waals surface area contributed by atoms with Crippen molar-refractivity contribution in [2.45, 2.75) is 13.2 Å². The van der Waals surface area contributed by atoms with Crippen LogP contribution in [-0.2, 0) is 13.2 Å². The lowest BCUT2D eigenvalue weighted by atomic mass is 10.3. The van der Waals surface area contributed by atoms with Crippen molar-refractivity contribution in [3.8, 4) is 17.6 Å². The monoisotopic (exact) mass is 288 g/mol. The number of aromatic nitrogens is 3. The fourth-order valence-corrected chi connectivity index (χ4v) is 1.72. The highest BCUT2D eigenvalue weighted by Crippen LogP contribution is 2.26. The number of carboxylic acids is 1. The lowest BCUT2D eigenvalue weighted by Crippen LogP contribution is -2.11. The second-order valence-corrected chi connectivity index (χ2v) is 3.95. The molecule has 0 spiro atoms. The maximum Gasteiger partial charge on any atom is 0.358 e. The van der Waals surface area contributed by atoms with Gasteiger partial charge in [0.2, 0.25) is 0 Å². The molecule has 0 aliphatic rings. The highest BCUT2D eigenvalue weighted by Gasteiger charge is 2.19. The number of para-hydroxylation sites is 2. The summed E-state index contributed by atoms with van der Waals surface area (Å²) >= 11 is 0. The van der Waals surface area contributed by atoms with Gasteiger partial charge in [-0.15, -0.1) is 5.10 Å². The fraction of sp³-hybridized carbons (Fsp3) is 0.231. The van der Waals surface area contributed by atoms with E-state index in [-0.39, 0.29) is 24.5 Å². The van der Waals surface area contributed by atoms with Crippen LogP contribution in [0.4, 0.5) is 0 Å². The number of hydrogen-bond acceptors (Lipinski definition) is 6. The SMILES string of the molecule is COc1ccccc1OCc1c(C(=O)O)nnn1CC#N. The number of benzene rings is 1. The molecular weight excluding hydrogens is 276 g/mol. The fourth-order valence-electron chi connectivity index (χ4n) is 1.72. The van der Waals surface area contributed by atoms with Gasteiger partial charge in [-0.05, 0) is 12.1 Å². The van der Waals surface area contributed by atoms with Gasteiger partial charge in [-0.1, -0.05) is 17.3 Å². The normalized spacial score (nSPS) is 9.90. The van der Waals surface area contributed by atoms with Crippen LogP contribution in [-0.4, -0.2) is 33.2 Å². The Morgan fingerprint density at radius 3 is 2.76 bits per heavy atom. The van der Waals surface area contributed by atoms with Gasteiger partial charge in [0, 0.05) is 0 Å². The first kappa shape index (κ1) is 14.3. The zero-order valence-corrected chi connectivity index (χ0v) is 11.2. The molecule has 0 aliphatic carbocycles. The van der Waals surface area contributed by atoms with Gasteiger partial charge in [0.15, 0.2) is 17.2 Å². The molecule has 108 valence electrons. The third kappa shape index (κ3) is 3.09. The molecule has 0 saturated carbocycles. The Hall–Kier alpha value is -3.08. The standard InChI is InChI=1S/C13H12N4O4/c1-20-10-4-2-3-5-11(10)21-8-9-12(13(18)19)15-16-17(9)7-6-14/h2-5H,7-8H2,1H3,(H,18,19). The van der Waals surface area contributed by atoms with Crippen molar-refractivity contribution < 1.29 is 19.4 Å². The molecule has 2 aromatic rings. The van der Waals surface area contributed by atoms with Gasteiger partial charge >= 0.3 is 5.97 Å². The average molecular weight is 288 g/mol. The number of nitrogens with zero attached hydrogens (tertiary/aromatic N) is 4. The Morgan fingerprint density at radius 1 is 1.43 bits per heavy atom. The van der Waals surface area contributed by atoms with Crippen molar-refractivity contribution in [2.75, 3.05) is 7.11 Å². The second-order valence-electron chi connectivity index (χ2n) is 3.95. The summed E-state index contributed by atoms with van der Waals surface area (Å²) in [4.78, 5) is 11.1. The predicted molar refractivity (Wildman–Crippen MR) is 69.9 cm³/mol. The number of carboxylic acid groups (broad SMARTS) is 1. The molecule has 1 heterocycles. The first-order chi connectivity index (χ1) is 10.2. The first-order valence-corrected chi connectivity index (χ1v) is 5.95. The molecule has 0 amide bonds. The van der Waals surface area contributed by atoms with Crippen molar-refractivity contribution in [1.82, 2.24) is 15.0 Å². The summed E-state index contributed by atoms with van der Waals surface area (Å²) in [7, 11) is 1.51. The van der Waals surface area contributed by atoms with E-state index in [2.05, 4.69) is 10.3 Å². The number of aromatic carboxylic acids is 1. The number of nitriles is 1. The summed E-state index contributed by atoms with van der Waals surface area (Å²) < 4.78 is 11.9. The minimum Gasteiger partial charge on any atom is -0.493 e. The highest BCUT2D eigenvalue weighted by molar-refractivity contribution is 5.86. The van der Waals surface area contributed by atoms with Crippen molar-refractivity contribution in [3.05, 3.63) is 35.7 Å². The Kier molecular flexibility index (Phi) is 4.36. The average Bonchev–Trinajstić information content (AvgIpc) is 2.89. The van der Waals surface area contributed by atoms with Crippen LogP contribution >= 0.6 is 0 Å². The van der Waals surface area contributed by atoms with E-state index in [1.54, 1.807) is 24.3 Å². The van der Waals surface area contributed by atoms with Gasteiger partial charge in [-0.25, -0.2) is 9.48 Å². The number of methoxy groups -OCH3 is 1. The Bertz CT molecular complexity index is 690. The van der Waals surface area contributed by atoms with Crippen LogP contribution in [0.3, 0.4) is 0 Å². The number of carbonyl (C=O) groups is 1. The van der Waals surface area contributed by atoms with E-state index >= 15 is 0 Å². The summed E-state index contributed by atoms with van der Waals surface area (Å²) in [6.45, 7) is -0.193. The van der Waals surface area contributed by atoms with E-state index in [9.17, 15) is 4.79 Å². The summed E-state index contributed by atoms with van der Waals surface area (Å²) in [5, 5.41) is 25.0. The predicted octanol–water partition coefficient (Wildman–Crippen LogP) is 1.09. The van der Waals surface area contributed by atoms with E-state index in [0.717, 1.165) is 0 Å². The van der Waals surface area contributed by atoms with Crippen LogP contribution in [0.25, 0.3) is 0 Å². The lowest BCUT2D eigenvalue weighted by molar-refractivity contribution is 0.0687. The zero-order valence-electron chi connectivity index (χ0n) is 11.2. The zero-order chi connectivity index (χ0) is 15.2. The molecule has 0 bridgehead atoms. The molecule has 1 aromatic heterocycles. The second kappa shape index (κ2) is 6.38. The van der Waals surface area contributed by atoms with Crippen LogP contribution < -0.4 is 9.47 Å². The number of ether oxygens (including phenoxy) is 2. The minimum absolute atomic E-state index is 0.0866. The van der Waals surface area contributed by atoms with Crippen molar-refractivity contribution >= 4 is 5.97 Å². The van der Waals surface area contributed by atoms with Gasteiger partial charge in [0.25, 0.3) is 0 Å². The van der Waals surface area contributed by atoms with Crippen LogP contribution in [0.5, 0.6) is 11.5 Å². The van der Waals surface area contributed by atoms with Crippen molar-refractivity contribution in [3.63, 3.8) is 0 Å². The molecule has 0 radical (unpaired) electrons. The summed E-state index contributed by atoms with van der Waals surface area (Å²) in [5.74, 6) is -0.243. The van der Waals surface area contributed by atoms with Gasteiger partial charge in [-0.2, -0.15) is 5.26 Å². The summed E-state index contributed by atoms with van der Waals surface area (Å²) in [6, 6.07) is 8.85. The van der Waals surface area contributed by atoms with Gasteiger partial charge in [-0.3, -0.25) is 0 Å². The Balaban J connectivity index is 2.24. The molecule has 0 unspecified atom stereocenters. The maximum absolute atomic E-state index is 11.1. The molecule has 8 nitrogen and oxygen atoms in total. The number of rotatable bonds is 6. The third-order valence-electron chi connectivity index (χ3n) is 2.69. The largest absolute Gasteiger partial charge is 0.493 e. The lowest BCUT2D eigenvalue weighted by Gasteiger charge is -2.10. The topological polar surface area (TPSA) is 110 Å². The van der Waals surface area contributed by atoms with E-state index in [1.165, 1.54) is 11.8 Å². The molecule has 0 aliphatic heterocycles. The third-order valence-corrected chi connectivity index (χ3v) is 2.69. The van der Waals surface area contributed by atoms with Gasteiger partial charge < -0.3 is 14.6 Å². The quantitative estimate of drug-likeness (QED) is 0.846. The van der Waals surface area contributed by atoms with Crippen LogP contribution in [0.15, 0.2) is 24.3 Å².